The molecule has 0 spiro atoms. The first-order valence-electron chi connectivity index (χ1n) is 6.78. The Morgan fingerprint density at radius 2 is 2.26 bits per heavy atom. The van der Waals surface area contributed by atoms with Crippen LogP contribution < -0.4 is 5.32 Å². The normalized spacial score (nSPS) is 22.2. The van der Waals surface area contributed by atoms with E-state index in [9.17, 15) is 4.79 Å². The molecule has 0 saturated heterocycles. The molecule has 4 nitrogen and oxygen atoms in total. The molecular formula is C15H19N2O2+. The summed E-state index contributed by atoms with van der Waals surface area (Å²) < 4.78 is 5.25. The second kappa shape index (κ2) is 4.38. The molecule has 4 heteroatoms. The second-order valence-electron chi connectivity index (χ2n) is 5.19. The summed E-state index contributed by atoms with van der Waals surface area (Å²) in [6.45, 7) is 5.11. The van der Waals surface area contributed by atoms with E-state index in [1.807, 2.05) is 26.0 Å². The highest BCUT2D eigenvalue weighted by Crippen LogP contribution is 2.31. The van der Waals surface area contributed by atoms with Gasteiger partial charge in [-0.2, -0.15) is 0 Å². The average Bonchev–Trinajstić information content (AvgIpc) is 2.80. The molecule has 2 heterocycles. The Labute approximate surface area is 112 Å². The summed E-state index contributed by atoms with van der Waals surface area (Å²) in [5.74, 6) is -0.164. The number of nitrogens with one attached hydrogen (secondary N) is 1. The van der Waals surface area contributed by atoms with Crippen molar-refractivity contribution in [3.8, 4) is 0 Å². The lowest BCUT2D eigenvalue weighted by molar-refractivity contribution is -0.723. The number of hydrogen-bond acceptors (Lipinski definition) is 2. The van der Waals surface area contributed by atoms with Gasteiger partial charge in [-0.1, -0.05) is 18.2 Å². The lowest BCUT2D eigenvalue weighted by Crippen LogP contribution is -2.98. The molecule has 1 aliphatic rings. The van der Waals surface area contributed by atoms with Crippen molar-refractivity contribution in [1.29, 1.82) is 0 Å². The number of H-pyrrole nitrogens is 1. The van der Waals surface area contributed by atoms with Gasteiger partial charge in [-0.25, -0.2) is 4.79 Å². The maximum absolute atomic E-state index is 12.3. The lowest BCUT2D eigenvalue weighted by Gasteiger charge is -2.29. The van der Waals surface area contributed by atoms with Crippen molar-refractivity contribution >= 4 is 16.9 Å². The van der Waals surface area contributed by atoms with Crippen molar-refractivity contribution in [2.45, 2.75) is 25.8 Å². The molecule has 100 valence electrons. The summed E-state index contributed by atoms with van der Waals surface area (Å²) in [4.78, 5) is 15.7. The van der Waals surface area contributed by atoms with Gasteiger partial charge < -0.3 is 15.0 Å². The van der Waals surface area contributed by atoms with Crippen molar-refractivity contribution in [1.82, 2.24) is 4.98 Å². The summed E-state index contributed by atoms with van der Waals surface area (Å²) in [5.41, 5.74) is 2.70. The zero-order valence-electron chi connectivity index (χ0n) is 11.3. The Bertz CT molecular complexity index is 632. The molecule has 1 aromatic heterocycles. The highest BCUT2D eigenvalue weighted by Gasteiger charge is 2.46. The quantitative estimate of drug-likeness (QED) is 0.792. The van der Waals surface area contributed by atoms with Gasteiger partial charge >= 0.3 is 5.97 Å². The average molecular weight is 259 g/mol. The van der Waals surface area contributed by atoms with Gasteiger partial charge in [0.05, 0.1) is 18.8 Å². The smallest absolute Gasteiger partial charge is 0.374 e. The molecule has 0 bridgehead atoms. The van der Waals surface area contributed by atoms with Gasteiger partial charge in [0.25, 0.3) is 0 Å². The van der Waals surface area contributed by atoms with Crippen LogP contribution in [0.3, 0.4) is 0 Å². The van der Waals surface area contributed by atoms with E-state index >= 15 is 0 Å². The molecule has 0 saturated carbocycles. The van der Waals surface area contributed by atoms with Crippen LogP contribution in [0.2, 0.25) is 0 Å². The van der Waals surface area contributed by atoms with Crippen molar-refractivity contribution in [2.75, 3.05) is 13.2 Å². The molecule has 0 aliphatic carbocycles. The Hall–Kier alpha value is -1.81. The Kier molecular flexibility index (Phi) is 2.82. The fourth-order valence-electron chi connectivity index (χ4n) is 2.98. The van der Waals surface area contributed by atoms with E-state index in [1.165, 1.54) is 10.9 Å². The van der Waals surface area contributed by atoms with Crippen LogP contribution in [0.4, 0.5) is 0 Å². The monoisotopic (exact) mass is 259 g/mol. The third kappa shape index (κ3) is 1.75. The third-order valence-electron chi connectivity index (χ3n) is 3.98. The third-order valence-corrected chi connectivity index (χ3v) is 3.98. The van der Waals surface area contributed by atoms with Crippen LogP contribution in [-0.4, -0.2) is 24.1 Å². The number of fused-ring (bicyclic) bond motifs is 3. The lowest BCUT2D eigenvalue weighted by atomic mass is 9.88. The van der Waals surface area contributed by atoms with Gasteiger partial charge in [-0.3, -0.25) is 0 Å². The molecule has 19 heavy (non-hydrogen) atoms. The summed E-state index contributed by atoms with van der Waals surface area (Å²) in [7, 11) is 0. The first kappa shape index (κ1) is 12.2. The van der Waals surface area contributed by atoms with Crippen LogP contribution >= 0.6 is 0 Å². The minimum absolute atomic E-state index is 0.164. The number of esters is 1. The molecule has 3 rings (SSSR count). The van der Waals surface area contributed by atoms with Crippen molar-refractivity contribution in [2.24, 2.45) is 0 Å². The van der Waals surface area contributed by atoms with E-state index in [1.54, 1.807) is 0 Å². The molecular weight excluding hydrogens is 240 g/mol. The van der Waals surface area contributed by atoms with E-state index in [0.717, 1.165) is 24.2 Å². The maximum Gasteiger partial charge on any atom is 0.374 e. The summed E-state index contributed by atoms with van der Waals surface area (Å²) in [6, 6.07) is 8.22. The zero-order chi connectivity index (χ0) is 13.5. The molecule has 3 N–H and O–H groups in total. The maximum atomic E-state index is 12.3. The van der Waals surface area contributed by atoms with Crippen molar-refractivity contribution in [3.63, 3.8) is 0 Å². The van der Waals surface area contributed by atoms with Crippen LogP contribution in [0.1, 0.15) is 25.1 Å². The van der Waals surface area contributed by atoms with E-state index in [4.69, 9.17) is 4.74 Å². The number of hydrogen-bond donors (Lipinski definition) is 2. The topological polar surface area (TPSA) is 58.7 Å². The summed E-state index contributed by atoms with van der Waals surface area (Å²) in [5, 5.41) is 3.30. The standard InChI is InChI=1S/C15H18N2O2/c1-3-19-14(18)15(2)13-11(8-9-16-15)10-6-4-5-7-12(10)17-13/h4-7,16-17H,3,8-9H2,1-2H3/p+1/t15-/m1/s1. The van der Waals surface area contributed by atoms with Crippen LogP contribution in [0.5, 0.6) is 0 Å². The van der Waals surface area contributed by atoms with Crippen LogP contribution in [0, 0.1) is 0 Å². The number of aromatic amines is 1. The second-order valence-corrected chi connectivity index (χ2v) is 5.19. The number of para-hydroxylation sites is 1. The van der Waals surface area contributed by atoms with Crippen molar-refractivity contribution in [3.05, 3.63) is 35.5 Å². The van der Waals surface area contributed by atoms with Gasteiger partial charge in [0.1, 0.15) is 0 Å². The molecule has 1 aliphatic heterocycles. The van der Waals surface area contributed by atoms with Crippen molar-refractivity contribution < 1.29 is 14.8 Å². The van der Waals surface area contributed by atoms with E-state index < -0.39 is 5.54 Å². The fraction of sp³-hybridized carbons (Fsp3) is 0.400. The summed E-state index contributed by atoms with van der Waals surface area (Å²) >= 11 is 0. The molecule has 1 aromatic carbocycles. The number of carbonyl (C=O) groups excluding carboxylic acids is 1. The number of ether oxygens (including phenoxy) is 1. The first-order valence-corrected chi connectivity index (χ1v) is 6.78. The Morgan fingerprint density at radius 3 is 3.05 bits per heavy atom. The molecule has 0 radical (unpaired) electrons. The number of nitrogens with two attached hydrogens (primary N) is 1. The zero-order valence-corrected chi connectivity index (χ0v) is 11.3. The van der Waals surface area contributed by atoms with Crippen LogP contribution in [-0.2, 0) is 21.5 Å². The van der Waals surface area contributed by atoms with Gasteiger partial charge in [0, 0.05) is 24.2 Å². The largest absolute Gasteiger partial charge is 0.461 e. The van der Waals surface area contributed by atoms with E-state index in [2.05, 4.69) is 22.4 Å². The number of rotatable bonds is 2. The van der Waals surface area contributed by atoms with E-state index in [0.29, 0.717) is 6.61 Å². The molecule has 0 unspecified atom stereocenters. The van der Waals surface area contributed by atoms with E-state index in [-0.39, 0.29) is 5.97 Å². The predicted octanol–water partition coefficient (Wildman–Crippen LogP) is 1.07. The number of carbonyl (C=O) groups is 1. The van der Waals surface area contributed by atoms with Gasteiger partial charge in [-0.05, 0) is 18.6 Å². The Balaban J connectivity index is 2.16. The SMILES string of the molecule is CCOC(=O)[C@]1(C)[NH2+]CCc2c1[nH]c1ccccc21. The highest BCUT2D eigenvalue weighted by atomic mass is 16.5. The molecule has 0 amide bonds. The number of aromatic nitrogens is 1. The predicted molar refractivity (Wildman–Crippen MR) is 72.8 cm³/mol. The van der Waals surface area contributed by atoms with Gasteiger partial charge in [-0.15, -0.1) is 0 Å². The highest BCUT2D eigenvalue weighted by molar-refractivity contribution is 5.89. The van der Waals surface area contributed by atoms with Gasteiger partial charge in [0.2, 0.25) is 5.54 Å². The first-order chi connectivity index (χ1) is 9.16. The van der Waals surface area contributed by atoms with Crippen LogP contribution in [0.25, 0.3) is 10.9 Å². The minimum atomic E-state index is -0.650. The summed E-state index contributed by atoms with van der Waals surface area (Å²) in [6.07, 6.45) is 0.980. The van der Waals surface area contributed by atoms with Gasteiger partial charge in [0.15, 0.2) is 0 Å². The Morgan fingerprint density at radius 1 is 1.47 bits per heavy atom. The molecule has 1 atom stereocenters. The molecule has 0 fully saturated rings. The van der Waals surface area contributed by atoms with Crippen LogP contribution in [0.15, 0.2) is 24.3 Å². The number of quaternary nitrogens is 1. The minimum Gasteiger partial charge on any atom is -0.461 e. The molecule has 2 aromatic rings. The number of benzene rings is 1. The fourth-order valence-corrected chi connectivity index (χ4v) is 2.98.